The Labute approximate surface area is 130 Å². The van der Waals surface area contributed by atoms with Crippen molar-refractivity contribution in [1.29, 1.82) is 0 Å². The van der Waals surface area contributed by atoms with Crippen molar-refractivity contribution in [3.8, 4) is 0 Å². The highest BCUT2D eigenvalue weighted by Gasteiger charge is 2.25. The van der Waals surface area contributed by atoms with Crippen LogP contribution >= 0.6 is 11.6 Å². The van der Waals surface area contributed by atoms with Crippen LogP contribution in [0, 0.1) is 5.82 Å². The van der Waals surface area contributed by atoms with Crippen LogP contribution in [0.3, 0.4) is 0 Å². The van der Waals surface area contributed by atoms with E-state index in [4.69, 9.17) is 11.6 Å². The third kappa shape index (κ3) is 4.17. The molecule has 2 rings (SSSR count). The molecular weight excluding hydrogens is 291 g/mol. The first-order chi connectivity index (χ1) is 9.99. The van der Waals surface area contributed by atoms with E-state index in [1.807, 2.05) is 18.7 Å². The van der Waals surface area contributed by atoms with Gasteiger partial charge in [0.1, 0.15) is 5.82 Å². The molecule has 5 heteroatoms. The Morgan fingerprint density at radius 2 is 2.24 bits per heavy atom. The third-order valence-electron chi connectivity index (χ3n) is 3.88. The molecule has 0 spiro atoms. The summed E-state index contributed by atoms with van der Waals surface area (Å²) in [4.78, 5) is 14.5. The molecule has 0 saturated carbocycles. The van der Waals surface area contributed by atoms with Crippen molar-refractivity contribution in [3.05, 3.63) is 34.6 Å². The number of rotatable bonds is 4. The van der Waals surface area contributed by atoms with Crippen LogP contribution in [-0.2, 0) is 0 Å². The van der Waals surface area contributed by atoms with Crippen molar-refractivity contribution < 1.29 is 9.18 Å². The minimum absolute atomic E-state index is 0.0716. The van der Waals surface area contributed by atoms with Gasteiger partial charge in [0.05, 0.1) is 10.6 Å². The fraction of sp³-hybridized carbons (Fsp3) is 0.562. The van der Waals surface area contributed by atoms with Gasteiger partial charge in [0.15, 0.2) is 0 Å². The number of nitrogens with zero attached hydrogens (tertiary/aromatic N) is 1. The molecular formula is C16H22ClFN2O. The SMILES string of the molecule is CC(C)N(CC1CCCCN1)C(=O)c1ccc(F)cc1Cl. The minimum atomic E-state index is -0.429. The largest absolute Gasteiger partial charge is 0.335 e. The van der Waals surface area contributed by atoms with Gasteiger partial charge in [-0.2, -0.15) is 0 Å². The highest BCUT2D eigenvalue weighted by molar-refractivity contribution is 6.33. The average molecular weight is 313 g/mol. The summed E-state index contributed by atoms with van der Waals surface area (Å²) in [5.41, 5.74) is 0.363. The first kappa shape index (κ1) is 16.2. The Morgan fingerprint density at radius 1 is 1.48 bits per heavy atom. The number of hydrogen-bond donors (Lipinski definition) is 1. The molecule has 1 aromatic rings. The van der Waals surface area contributed by atoms with Gasteiger partial charge in [-0.3, -0.25) is 4.79 Å². The second-order valence-electron chi connectivity index (χ2n) is 5.82. The number of hydrogen-bond acceptors (Lipinski definition) is 2. The summed E-state index contributed by atoms with van der Waals surface area (Å²) in [6.07, 6.45) is 3.46. The van der Waals surface area contributed by atoms with Crippen LogP contribution in [0.2, 0.25) is 5.02 Å². The molecule has 1 atom stereocenters. The highest BCUT2D eigenvalue weighted by atomic mass is 35.5. The Morgan fingerprint density at radius 3 is 2.81 bits per heavy atom. The quantitative estimate of drug-likeness (QED) is 0.923. The van der Waals surface area contributed by atoms with Gasteiger partial charge in [0.25, 0.3) is 5.91 Å². The van der Waals surface area contributed by atoms with E-state index in [0.717, 1.165) is 13.0 Å². The maximum atomic E-state index is 13.1. The molecule has 0 radical (unpaired) electrons. The van der Waals surface area contributed by atoms with Crippen molar-refractivity contribution in [2.24, 2.45) is 0 Å². The summed E-state index contributed by atoms with van der Waals surface area (Å²) < 4.78 is 13.1. The number of halogens is 2. The molecule has 0 bridgehead atoms. The van der Waals surface area contributed by atoms with E-state index in [-0.39, 0.29) is 17.0 Å². The number of carbonyl (C=O) groups excluding carboxylic acids is 1. The van der Waals surface area contributed by atoms with Crippen LogP contribution in [0.15, 0.2) is 18.2 Å². The van der Waals surface area contributed by atoms with Gasteiger partial charge in [-0.15, -0.1) is 0 Å². The van der Waals surface area contributed by atoms with Crippen LogP contribution in [0.25, 0.3) is 0 Å². The van der Waals surface area contributed by atoms with Crippen LogP contribution < -0.4 is 5.32 Å². The Hall–Kier alpha value is -1.13. The Bertz CT molecular complexity index is 501. The summed E-state index contributed by atoms with van der Waals surface area (Å²) in [5.74, 6) is -0.566. The first-order valence-electron chi connectivity index (χ1n) is 7.48. The van der Waals surface area contributed by atoms with Crippen LogP contribution in [0.1, 0.15) is 43.5 Å². The summed E-state index contributed by atoms with van der Waals surface area (Å²) >= 11 is 6.01. The lowest BCUT2D eigenvalue weighted by Crippen LogP contribution is -2.48. The standard InChI is InChI=1S/C16H22ClFN2O/c1-11(2)20(10-13-5-3-4-8-19-13)16(21)14-7-6-12(18)9-15(14)17/h6-7,9,11,13,19H,3-5,8,10H2,1-2H3. The number of piperidine rings is 1. The second kappa shape index (κ2) is 7.23. The predicted octanol–water partition coefficient (Wildman–Crippen LogP) is 3.47. The monoisotopic (exact) mass is 312 g/mol. The van der Waals surface area contributed by atoms with Gasteiger partial charge >= 0.3 is 0 Å². The molecule has 1 aromatic carbocycles. The van der Waals surface area contributed by atoms with Crippen molar-refractivity contribution >= 4 is 17.5 Å². The summed E-state index contributed by atoms with van der Waals surface area (Å²) in [6, 6.07) is 4.32. The fourth-order valence-corrected chi connectivity index (χ4v) is 2.91. The lowest BCUT2D eigenvalue weighted by Gasteiger charge is -2.33. The average Bonchev–Trinajstić information content (AvgIpc) is 2.45. The molecule has 0 aromatic heterocycles. The molecule has 0 aliphatic carbocycles. The zero-order valence-corrected chi connectivity index (χ0v) is 13.3. The second-order valence-corrected chi connectivity index (χ2v) is 6.23. The Balaban J connectivity index is 2.14. The Kier molecular flexibility index (Phi) is 5.59. The highest BCUT2D eigenvalue weighted by Crippen LogP contribution is 2.21. The van der Waals surface area contributed by atoms with Crippen molar-refractivity contribution in [2.45, 2.75) is 45.2 Å². The van der Waals surface area contributed by atoms with E-state index >= 15 is 0 Å². The molecule has 3 nitrogen and oxygen atoms in total. The van der Waals surface area contributed by atoms with Crippen molar-refractivity contribution in [2.75, 3.05) is 13.1 Å². The van der Waals surface area contributed by atoms with Gasteiger partial charge < -0.3 is 10.2 Å². The number of nitrogens with one attached hydrogen (secondary N) is 1. The molecule has 1 unspecified atom stereocenters. The van der Waals surface area contributed by atoms with Gasteiger partial charge in [0, 0.05) is 18.6 Å². The van der Waals surface area contributed by atoms with E-state index in [2.05, 4.69) is 5.32 Å². The molecule has 116 valence electrons. The van der Waals surface area contributed by atoms with E-state index in [0.29, 0.717) is 18.2 Å². The van der Waals surface area contributed by atoms with E-state index < -0.39 is 5.82 Å². The zero-order chi connectivity index (χ0) is 15.4. The minimum Gasteiger partial charge on any atom is -0.335 e. The molecule has 1 amide bonds. The number of carbonyl (C=O) groups is 1. The molecule has 1 aliphatic rings. The molecule has 1 aliphatic heterocycles. The summed E-state index contributed by atoms with van der Waals surface area (Å²) in [7, 11) is 0. The van der Waals surface area contributed by atoms with E-state index in [1.165, 1.54) is 31.0 Å². The molecule has 1 N–H and O–H groups in total. The van der Waals surface area contributed by atoms with Crippen LogP contribution in [-0.4, -0.2) is 36.0 Å². The van der Waals surface area contributed by atoms with Crippen molar-refractivity contribution in [3.63, 3.8) is 0 Å². The number of benzene rings is 1. The summed E-state index contributed by atoms with van der Waals surface area (Å²) in [5, 5.41) is 3.62. The van der Waals surface area contributed by atoms with Crippen LogP contribution in [0.5, 0.6) is 0 Å². The fourth-order valence-electron chi connectivity index (χ4n) is 2.66. The van der Waals surface area contributed by atoms with E-state index in [9.17, 15) is 9.18 Å². The molecule has 1 heterocycles. The zero-order valence-electron chi connectivity index (χ0n) is 12.5. The van der Waals surface area contributed by atoms with E-state index in [1.54, 1.807) is 0 Å². The summed E-state index contributed by atoms with van der Waals surface area (Å²) in [6.45, 7) is 5.63. The lowest BCUT2D eigenvalue weighted by atomic mass is 10.0. The first-order valence-corrected chi connectivity index (χ1v) is 7.86. The third-order valence-corrected chi connectivity index (χ3v) is 4.19. The molecule has 1 saturated heterocycles. The van der Waals surface area contributed by atoms with Crippen molar-refractivity contribution in [1.82, 2.24) is 10.2 Å². The normalized spacial score (nSPS) is 18.8. The van der Waals surface area contributed by atoms with Crippen LogP contribution in [0.4, 0.5) is 4.39 Å². The lowest BCUT2D eigenvalue weighted by molar-refractivity contribution is 0.0677. The van der Waals surface area contributed by atoms with Gasteiger partial charge in [-0.25, -0.2) is 4.39 Å². The molecule has 1 fully saturated rings. The topological polar surface area (TPSA) is 32.3 Å². The predicted molar refractivity (Wildman–Crippen MR) is 83.2 cm³/mol. The maximum Gasteiger partial charge on any atom is 0.255 e. The van der Waals surface area contributed by atoms with Gasteiger partial charge in [-0.05, 0) is 51.4 Å². The number of amides is 1. The molecule has 21 heavy (non-hydrogen) atoms. The van der Waals surface area contributed by atoms with Gasteiger partial charge in [0.2, 0.25) is 0 Å². The van der Waals surface area contributed by atoms with Gasteiger partial charge in [-0.1, -0.05) is 18.0 Å². The maximum absolute atomic E-state index is 13.1. The smallest absolute Gasteiger partial charge is 0.255 e.